The second-order valence-electron chi connectivity index (χ2n) is 8.22. The second kappa shape index (κ2) is 8.83. The van der Waals surface area contributed by atoms with Gasteiger partial charge >= 0.3 is 0 Å². The van der Waals surface area contributed by atoms with Gasteiger partial charge in [-0.15, -0.1) is 10.2 Å². The fraction of sp³-hybridized carbons (Fsp3) is 0.227. The van der Waals surface area contributed by atoms with Crippen LogP contribution in [0.3, 0.4) is 0 Å². The van der Waals surface area contributed by atoms with Crippen LogP contribution in [0.2, 0.25) is 0 Å². The van der Waals surface area contributed by atoms with Crippen molar-refractivity contribution in [3.05, 3.63) is 66.0 Å². The maximum atomic E-state index is 6.27. The van der Waals surface area contributed by atoms with E-state index in [0.29, 0.717) is 28.5 Å². The van der Waals surface area contributed by atoms with E-state index in [0.717, 1.165) is 11.3 Å². The number of nitrogen functional groups attached to an aromatic ring is 2. The van der Waals surface area contributed by atoms with Gasteiger partial charge in [0, 0.05) is 11.3 Å². The fourth-order valence-corrected chi connectivity index (χ4v) is 3.74. The highest BCUT2D eigenvalue weighted by Gasteiger charge is 2.16. The third kappa shape index (κ3) is 4.97. The Morgan fingerprint density at radius 3 is 2.34 bits per heavy atom. The number of nitrogens with one attached hydrogen (secondary N) is 1. The van der Waals surface area contributed by atoms with Crippen LogP contribution < -0.4 is 16.9 Å². The topological polar surface area (TPSA) is 133 Å². The molecule has 0 aliphatic heterocycles. The van der Waals surface area contributed by atoms with E-state index < -0.39 is 0 Å². The molecule has 0 aliphatic carbocycles. The van der Waals surface area contributed by atoms with E-state index in [1.165, 1.54) is 22.0 Å². The summed E-state index contributed by atoms with van der Waals surface area (Å²) in [4.78, 5) is 12.8. The molecule has 9 nitrogen and oxygen atoms in total. The molecule has 2 heterocycles. The minimum Gasteiger partial charge on any atom is -0.368 e. The lowest BCUT2D eigenvalue weighted by Gasteiger charge is -2.19. The summed E-state index contributed by atoms with van der Waals surface area (Å²) in [7, 11) is 0. The smallest absolute Gasteiger partial charge is 0.232 e. The molecular weight excluding hydrogens is 422 g/mol. The molecule has 0 atom stereocenters. The Labute approximate surface area is 190 Å². The minimum atomic E-state index is 0.0799. The Morgan fingerprint density at radius 2 is 1.66 bits per heavy atom. The molecule has 2 aromatic carbocycles. The molecule has 32 heavy (non-hydrogen) atoms. The Morgan fingerprint density at radius 1 is 0.938 bits per heavy atom. The Balaban J connectivity index is 1.47. The molecule has 2 aromatic heterocycles. The van der Waals surface area contributed by atoms with Gasteiger partial charge in [-0.2, -0.15) is 15.0 Å². The number of para-hydroxylation sites is 1. The van der Waals surface area contributed by atoms with Gasteiger partial charge in [-0.05, 0) is 23.1 Å². The Bertz CT molecular complexity index is 1200. The number of aromatic nitrogens is 6. The number of nitrogens with two attached hydrogens (primary N) is 2. The zero-order valence-electron chi connectivity index (χ0n) is 18.1. The predicted octanol–water partition coefficient (Wildman–Crippen LogP) is 3.76. The minimum absolute atomic E-state index is 0.0799. The number of anilines is 3. The molecule has 0 fully saturated rings. The van der Waals surface area contributed by atoms with Gasteiger partial charge in [0.1, 0.15) is 5.82 Å². The number of hydrogen-bond acceptors (Lipinski definition) is 9. The van der Waals surface area contributed by atoms with Crippen molar-refractivity contribution in [3.8, 4) is 11.4 Å². The molecule has 164 valence electrons. The summed E-state index contributed by atoms with van der Waals surface area (Å²) in [5, 5.41) is 12.2. The van der Waals surface area contributed by atoms with E-state index in [-0.39, 0.29) is 11.4 Å². The first-order valence-corrected chi connectivity index (χ1v) is 11.0. The SMILES string of the molecule is CC(C)(C)c1ccc(-c2nnc(SCc3nc(N)nc(Nc4ccccc4)n3)n2N)cc1. The average molecular weight is 448 g/mol. The summed E-state index contributed by atoms with van der Waals surface area (Å²) in [5.41, 5.74) is 8.95. The largest absolute Gasteiger partial charge is 0.368 e. The quantitative estimate of drug-likeness (QED) is 0.298. The first-order valence-electron chi connectivity index (χ1n) is 10.1. The molecule has 4 aromatic rings. The van der Waals surface area contributed by atoms with Gasteiger partial charge in [0.15, 0.2) is 5.82 Å². The summed E-state index contributed by atoms with van der Waals surface area (Å²) < 4.78 is 1.48. The van der Waals surface area contributed by atoms with Gasteiger partial charge in [0.25, 0.3) is 0 Å². The molecule has 0 amide bonds. The fourth-order valence-electron chi connectivity index (χ4n) is 3.03. The maximum Gasteiger partial charge on any atom is 0.232 e. The number of rotatable bonds is 6. The zero-order chi connectivity index (χ0) is 22.7. The van der Waals surface area contributed by atoms with Gasteiger partial charge in [-0.25, -0.2) is 4.68 Å². The standard InChI is InChI=1S/C22H25N9S/c1-22(2,3)15-11-9-14(10-12-15)18-29-30-21(31(18)24)32-13-17-26-19(23)28-20(27-17)25-16-7-5-4-6-8-16/h4-12H,13,24H2,1-3H3,(H3,23,25,26,27,28). The van der Waals surface area contributed by atoms with Crippen molar-refractivity contribution < 1.29 is 0 Å². The van der Waals surface area contributed by atoms with Crippen molar-refractivity contribution in [3.63, 3.8) is 0 Å². The van der Waals surface area contributed by atoms with E-state index in [1.807, 2.05) is 42.5 Å². The van der Waals surface area contributed by atoms with Gasteiger partial charge in [-0.3, -0.25) is 0 Å². The Hall–Kier alpha value is -3.66. The molecule has 0 saturated heterocycles. The van der Waals surface area contributed by atoms with Crippen molar-refractivity contribution in [2.24, 2.45) is 0 Å². The number of thioether (sulfide) groups is 1. The molecule has 0 spiro atoms. The predicted molar refractivity (Wildman–Crippen MR) is 128 cm³/mol. The lowest BCUT2D eigenvalue weighted by molar-refractivity contribution is 0.590. The molecule has 0 unspecified atom stereocenters. The number of nitrogens with zero attached hydrogens (tertiary/aromatic N) is 6. The molecule has 4 rings (SSSR count). The molecule has 5 N–H and O–H groups in total. The summed E-state index contributed by atoms with van der Waals surface area (Å²) >= 11 is 1.37. The van der Waals surface area contributed by atoms with Crippen molar-refractivity contribution in [1.29, 1.82) is 0 Å². The Kier molecular flexibility index (Phi) is 5.95. The van der Waals surface area contributed by atoms with E-state index in [9.17, 15) is 0 Å². The highest BCUT2D eigenvalue weighted by atomic mass is 32.2. The van der Waals surface area contributed by atoms with Gasteiger partial charge < -0.3 is 16.9 Å². The summed E-state index contributed by atoms with van der Waals surface area (Å²) in [6.45, 7) is 6.53. The highest BCUT2D eigenvalue weighted by Crippen LogP contribution is 2.27. The monoisotopic (exact) mass is 447 g/mol. The van der Waals surface area contributed by atoms with Crippen molar-refractivity contribution in [2.75, 3.05) is 16.9 Å². The molecule has 10 heteroatoms. The lowest BCUT2D eigenvalue weighted by atomic mass is 9.87. The summed E-state index contributed by atoms with van der Waals surface area (Å²) in [6, 6.07) is 17.8. The van der Waals surface area contributed by atoms with Crippen LogP contribution >= 0.6 is 11.8 Å². The second-order valence-corrected chi connectivity index (χ2v) is 9.16. The van der Waals surface area contributed by atoms with Gasteiger partial charge in [0.2, 0.25) is 17.1 Å². The first kappa shape index (κ1) is 21.6. The first-order chi connectivity index (χ1) is 15.3. The van der Waals surface area contributed by atoms with Gasteiger partial charge in [0.05, 0.1) is 5.75 Å². The molecule has 0 saturated carbocycles. The van der Waals surface area contributed by atoms with Crippen LogP contribution in [-0.4, -0.2) is 29.8 Å². The maximum absolute atomic E-state index is 6.27. The van der Waals surface area contributed by atoms with Crippen LogP contribution in [0.15, 0.2) is 59.8 Å². The van der Waals surface area contributed by atoms with Gasteiger partial charge in [-0.1, -0.05) is 75.0 Å². The zero-order valence-corrected chi connectivity index (χ0v) is 19.0. The van der Waals surface area contributed by atoms with E-state index in [1.54, 1.807) is 0 Å². The molecular formula is C22H25N9S. The lowest BCUT2D eigenvalue weighted by Crippen LogP contribution is -2.13. The molecule has 0 radical (unpaired) electrons. The van der Waals surface area contributed by atoms with E-state index in [4.69, 9.17) is 11.6 Å². The molecule has 0 bridgehead atoms. The van der Waals surface area contributed by atoms with Crippen LogP contribution in [-0.2, 0) is 11.2 Å². The van der Waals surface area contributed by atoms with Crippen LogP contribution in [0, 0.1) is 0 Å². The van der Waals surface area contributed by atoms with E-state index in [2.05, 4.69) is 63.4 Å². The highest BCUT2D eigenvalue weighted by molar-refractivity contribution is 7.98. The molecule has 0 aliphatic rings. The van der Waals surface area contributed by atoms with Crippen LogP contribution in [0.25, 0.3) is 11.4 Å². The van der Waals surface area contributed by atoms with Crippen molar-refractivity contribution >= 4 is 29.3 Å². The average Bonchev–Trinajstić information content (AvgIpc) is 3.12. The third-order valence-corrected chi connectivity index (χ3v) is 5.67. The number of benzene rings is 2. The van der Waals surface area contributed by atoms with Crippen LogP contribution in [0.4, 0.5) is 17.6 Å². The van der Waals surface area contributed by atoms with Crippen LogP contribution in [0.1, 0.15) is 32.2 Å². The summed E-state index contributed by atoms with van der Waals surface area (Å²) in [5.74, 6) is 8.31. The van der Waals surface area contributed by atoms with Crippen LogP contribution in [0.5, 0.6) is 0 Å². The third-order valence-electron chi connectivity index (χ3n) is 4.73. The van der Waals surface area contributed by atoms with Crippen molar-refractivity contribution in [1.82, 2.24) is 29.8 Å². The number of hydrogen-bond donors (Lipinski definition) is 3. The van der Waals surface area contributed by atoms with Crippen molar-refractivity contribution in [2.45, 2.75) is 37.1 Å². The van der Waals surface area contributed by atoms with E-state index >= 15 is 0 Å². The normalized spacial score (nSPS) is 11.5. The summed E-state index contributed by atoms with van der Waals surface area (Å²) in [6.07, 6.45) is 0.